The Morgan fingerprint density at radius 3 is 3.04 bits per heavy atom. The van der Waals surface area contributed by atoms with Crippen molar-refractivity contribution in [2.45, 2.75) is 38.0 Å². The van der Waals surface area contributed by atoms with E-state index in [2.05, 4.69) is 17.4 Å². The summed E-state index contributed by atoms with van der Waals surface area (Å²) in [4.78, 5) is 14.3. The first-order valence-electron chi connectivity index (χ1n) is 9.01. The average molecular weight is 332 g/mol. The minimum absolute atomic E-state index is 0.00813. The summed E-state index contributed by atoms with van der Waals surface area (Å²) >= 11 is 0. The van der Waals surface area contributed by atoms with Crippen molar-refractivity contribution in [1.29, 1.82) is 0 Å². The number of rotatable bonds is 4. The zero-order valence-electron chi connectivity index (χ0n) is 14.5. The van der Waals surface area contributed by atoms with Crippen molar-refractivity contribution < 1.29 is 14.6 Å². The molecule has 1 aromatic carbocycles. The zero-order chi connectivity index (χ0) is 16.9. The second-order valence-corrected chi connectivity index (χ2v) is 6.98. The molecule has 0 spiro atoms. The third kappa shape index (κ3) is 3.83. The maximum Gasteiger partial charge on any atom is 0.317 e. The summed E-state index contributed by atoms with van der Waals surface area (Å²) in [5, 5.41) is 12.4. The zero-order valence-corrected chi connectivity index (χ0v) is 14.5. The first kappa shape index (κ1) is 17.1. The van der Waals surface area contributed by atoms with E-state index in [-0.39, 0.29) is 18.6 Å². The average Bonchev–Trinajstić information content (AvgIpc) is 2.65. The summed E-state index contributed by atoms with van der Waals surface area (Å²) in [7, 11) is 1.69. The van der Waals surface area contributed by atoms with Gasteiger partial charge in [0.15, 0.2) is 0 Å². The van der Waals surface area contributed by atoms with Crippen molar-refractivity contribution in [2.24, 2.45) is 5.92 Å². The lowest BCUT2D eigenvalue weighted by Gasteiger charge is -2.33. The van der Waals surface area contributed by atoms with E-state index >= 15 is 0 Å². The van der Waals surface area contributed by atoms with Crippen LogP contribution in [-0.4, -0.2) is 49.4 Å². The van der Waals surface area contributed by atoms with Crippen molar-refractivity contribution in [2.75, 3.05) is 33.4 Å². The molecule has 2 N–H and O–H groups in total. The monoisotopic (exact) mass is 332 g/mol. The number of fused-ring (bicyclic) bond motifs is 1. The molecule has 5 nitrogen and oxygen atoms in total. The molecule has 5 heteroatoms. The Bertz CT molecular complexity index is 576. The normalized spacial score (nSPS) is 23.5. The highest BCUT2D eigenvalue weighted by atomic mass is 16.5. The van der Waals surface area contributed by atoms with Crippen LogP contribution in [0.25, 0.3) is 0 Å². The molecule has 0 unspecified atom stereocenters. The van der Waals surface area contributed by atoms with E-state index in [1.165, 1.54) is 11.1 Å². The Morgan fingerprint density at radius 1 is 1.38 bits per heavy atom. The second-order valence-electron chi connectivity index (χ2n) is 6.98. The highest BCUT2D eigenvalue weighted by Gasteiger charge is 2.25. The predicted octanol–water partition coefficient (Wildman–Crippen LogP) is 2.53. The lowest BCUT2D eigenvalue weighted by atomic mass is 9.82. The van der Waals surface area contributed by atoms with Crippen LogP contribution in [0.15, 0.2) is 18.2 Å². The van der Waals surface area contributed by atoms with Gasteiger partial charge in [-0.2, -0.15) is 0 Å². The van der Waals surface area contributed by atoms with Gasteiger partial charge in [0.25, 0.3) is 0 Å². The standard InChI is InChI=1S/C19H28N2O3/c1-24-17-7-8-18-15(10-17)5-2-6-16(18)11-20-19(23)21-9-3-4-14(12-21)13-22/h7-8,10,14,16,22H,2-6,9,11-13H2,1H3,(H,20,23)/t14-,16-/m0/s1. The van der Waals surface area contributed by atoms with Crippen LogP contribution >= 0.6 is 0 Å². The van der Waals surface area contributed by atoms with E-state index in [1.54, 1.807) is 7.11 Å². The number of aliphatic hydroxyl groups excluding tert-OH is 1. The van der Waals surface area contributed by atoms with Crippen molar-refractivity contribution in [1.82, 2.24) is 10.2 Å². The lowest BCUT2D eigenvalue weighted by molar-refractivity contribution is 0.129. The van der Waals surface area contributed by atoms with Crippen molar-refractivity contribution in [3.05, 3.63) is 29.3 Å². The maximum absolute atomic E-state index is 12.4. The largest absolute Gasteiger partial charge is 0.497 e. The quantitative estimate of drug-likeness (QED) is 0.891. The number of carbonyl (C=O) groups is 1. The molecule has 1 saturated heterocycles. The molecule has 24 heavy (non-hydrogen) atoms. The number of aliphatic hydroxyl groups is 1. The molecule has 1 fully saturated rings. The first-order valence-corrected chi connectivity index (χ1v) is 9.01. The van der Waals surface area contributed by atoms with Crippen LogP contribution in [0.4, 0.5) is 4.79 Å². The predicted molar refractivity (Wildman–Crippen MR) is 93.5 cm³/mol. The van der Waals surface area contributed by atoms with Crippen LogP contribution in [0.5, 0.6) is 5.75 Å². The number of carbonyl (C=O) groups excluding carboxylic acids is 1. The van der Waals surface area contributed by atoms with Gasteiger partial charge < -0.3 is 20.1 Å². The van der Waals surface area contributed by atoms with Gasteiger partial charge in [0, 0.05) is 32.2 Å². The molecule has 1 aliphatic heterocycles. The van der Waals surface area contributed by atoms with Crippen LogP contribution in [0.1, 0.15) is 42.7 Å². The fourth-order valence-electron chi connectivity index (χ4n) is 3.95. The van der Waals surface area contributed by atoms with Crippen molar-refractivity contribution in [3.63, 3.8) is 0 Å². The number of amides is 2. The molecule has 2 aliphatic rings. The van der Waals surface area contributed by atoms with Crippen LogP contribution in [0.2, 0.25) is 0 Å². The summed E-state index contributed by atoms with van der Waals surface area (Å²) in [5.74, 6) is 1.51. The van der Waals surface area contributed by atoms with Gasteiger partial charge in [0.05, 0.1) is 7.11 Å². The molecule has 2 amide bonds. The number of ether oxygens (including phenoxy) is 1. The molecule has 0 radical (unpaired) electrons. The second kappa shape index (κ2) is 7.88. The van der Waals surface area contributed by atoms with Crippen LogP contribution in [-0.2, 0) is 6.42 Å². The SMILES string of the molecule is COc1ccc2c(c1)CCC[C@H]2CNC(=O)N1CCC[C@H](CO)C1. The highest BCUT2D eigenvalue weighted by Crippen LogP contribution is 2.33. The van der Waals surface area contributed by atoms with E-state index < -0.39 is 0 Å². The molecule has 2 atom stereocenters. The number of hydrogen-bond acceptors (Lipinski definition) is 3. The van der Waals surface area contributed by atoms with Gasteiger partial charge in [-0.1, -0.05) is 6.07 Å². The molecule has 3 rings (SSSR count). The van der Waals surface area contributed by atoms with Gasteiger partial charge >= 0.3 is 6.03 Å². The van der Waals surface area contributed by atoms with Gasteiger partial charge in [0.2, 0.25) is 0 Å². The molecule has 132 valence electrons. The molecule has 0 bridgehead atoms. The summed E-state index contributed by atoms with van der Waals surface area (Å²) in [6, 6.07) is 6.29. The fourth-order valence-corrected chi connectivity index (χ4v) is 3.95. The van der Waals surface area contributed by atoms with E-state index in [0.29, 0.717) is 19.0 Å². The molecule has 1 aromatic rings. The van der Waals surface area contributed by atoms with E-state index in [9.17, 15) is 9.90 Å². The number of hydrogen-bond donors (Lipinski definition) is 2. The minimum atomic E-state index is 0.00813. The number of nitrogens with one attached hydrogen (secondary N) is 1. The topological polar surface area (TPSA) is 61.8 Å². The maximum atomic E-state index is 12.4. The minimum Gasteiger partial charge on any atom is -0.497 e. The van der Waals surface area contributed by atoms with E-state index in [0.717, 1.165) is 44.4 Å². The molecular formula is C19H28N2O3. The molecular weight excluding hydrogens is 304 g/mol. The summed E-state index contributed by atoms with van der Waals surface area (Å²) in [5.41, 5.74) is 2.69. The van der Waals surface area contributed by atoms with Gasteiger partial charge in [-0.3, -0.25) is 0 Å². The highest BCUT2D eigenvalue weighted by molar-refractivity contribution is 5.74. The van der Waals surface area contributed by atoms with Gasteiger partial charge in [-0.05, 0) is 61.3 Å². The number of piperidine rings is 1. The number of nitrogens with zero attached hydrogens (tertiary/aromatic N) is 1. The lowest BCUT2D eigenvalue weighted by Crippen LogP contribution is -2.47. The van der Waals surface area contributed by atoms with Crippen LogP contribution < -0.4 is 10.1 Å². The molecule has 0 aromatic heterocycles. The summed E-state index contributed by atoms with van der Waals surface area (Å²) in [6.07, 6.45) is 5.33. The Balaban J connectivity index is 1.58. The van der Waals surface area contributed by atoms with Crippen molar-refractivity contribution in [3.8, 4) is 5.75 Å². The van der Waals surface area contributed by atoms with Crippen LogP contribution in [0.3, 0.4) is 0 Å². The fraction of sp³-hybridized carbons (Fsp3) is 0.632. The first-order chi connectivity index (χ1) is 11.7. The molecule has 0 saturated carbocycles. The molecule has 1 heterocycles. The van der Waals surface area contributed by atoms with Crippen molar-refractivity contribution >= 4 is 6.03 Å². The van der Waals surface area contributed by atoms with E-state index in [4.69, 9.17) is 4.74 Å². The Labute approximate surface area is 144 Å². The van der Waals surface area contributed by atoms with Crippen LogP contribution in [0, 0.1) is 5.92 Å². The number of aryl methyl sites for hydroxylation is 1. The number of methoxy groups -OCH3 is 1. The number of urea groups is 1. The number of benzene rings is 1. The third-order valence-electron chi connectivity index (χ3n) is 5.35. The van der Waals surface area contributed by atoms with Gasteiger partial charge in [-0.25, -0.2) is 4.79 Å². The van der Waals surface area contributed by atoms with Gasteiger partial charge in [0.1, 0.15) is 5.75 Å². The number of likely N-dealkylation sites (tertiary alicyclic amines) is 1. The molecule has 1 aliphatic carbocycles. The third-order valence-corrected chi connectivity index (χ3v) is 5.35. The smallest absolute Gasteiger partial charge is 0.317 e. The Morgan fingerprint density at radius 2 is 2.25 bits per heavy atom. The van der Waals surface area contributed by atoms with E-state index in [1.807, 2.05) is 11.0 Å². The summed E-state index contributed by atoms with van der Waals surface area (Å²) < 4.78 is 5.32. The Hall–Kier alpha value is -1.75. The summed E-state index contributed by atoms with van der Waals surface area (Å²) in [6.45, 7) is 2.31. The van der Waals surface area contributed by atoms with Gasteiger partial charge in [-0.15, -0.1) is 0 Å². The Kier molecular flexibility index (Phi) is 5.61.